The molecule has 1 aromatic heterocycles. The molecule has 3 rings (SSSR count). The van der Waals surface area contributed by atoms with E-state index < -0.39 is 5.97 Å². The zero-order valence-electron chi connectivity index (χ0n) is 11.9. The van der Waals surface area contributed by atoms with Gasteiger partial charge in [0.15, 0.2) is 0 Å². The fourth-order valence-corrected chi connectivity index (χ4v) is 2.28. The van der Waals surface area contributed by atoms with E-state index in [4.69, 9.17) is 0 Å². The van der Waals surface area contributed by atoms with Crippen molar-refractivity contribution in [2.75, 3.05) is 12.4 Å². The molecule has 3 aromatic rings. The highest BCUT2D eigenvalue weighted by atomic mass is 16.5. The normalized spacial score (nSPS) is 10.4. The third kappa shape index (κ3) is 2.56. The summed E-state index contributed by atoms with van der Waals surface area (Å²) in [4.78, 5) is 26.8. The number of esters is 1. The third-order valence-electron chi connectivity index (χ3n) is 3.40. The average Bonchev–Trinajstić information content (AvgIpc) is 3.03. The number of fused-ring (bicyclic) bond motifs is 1. The predicted molar refractivity (Wildman–Crippen MR) is 84.0 cm³/mol. The van der Waals surface area contributed by atoms with Gasteiger partial charge in [0.25, 0.3) is 5.91 Å². The second-order valence-electron chi connectivity index (χ2n) is 4.77. The van der Waals surface area contributed by atoms with E-state index in [1.807, 2.05) is 18.2 Å². The summed E-state index contributed by atoms with van der Waals surface area (Å²) >= 11 is 0. The lowest BCUT2D eigenvalue weighted by Crippen LogP contribution is -2.12. The first-order valence-electron chi connectivity index (χ1n) is 6.75. The molecule has 2 aromatic carbocycles. The standard InChI is InChI=1S/C17H14N2O3/c1-22-17(21)12-5-7-13(8-6-12)19-16(20)14-4-2-3-11-9-10-18-15(11)14/h2-10,18H,1H3,(H,19,20). The molecule has 5 nitrogen and oxygen atoms in total. The van der Waals surface area contributed by atoms with Gasteiger partial charge >= 0.3 is 5.97 Å². The van der Waals surface area contributed by atoms with Crippen LogP contribution in [0.4, 0.5) is 5.69 Å². The molecule has 0 fully saturated rings. The molecule has 0 aliphatic carbocycles. The Labute approximate surface area is 126 Å². The molecule has 0 radical (unpaired) electrons. The van der Waals surface area contributed by atoms with Crippen molar-refractivity contribution in [1.29, 1.82) is 0 Å². The maximum Gasteiger partial charge on any atom is 0.337 e. The quantitative estimate of drug-likeness (QED) is 0.729. The minimum Gasteiger partial charge on any atom is -0.465 e. The largest absolute Gasteiger partial charge is 0.465 e. The van der Waals surface area contributed by atoms with Crippen LogP contribution < -0.4 is 5.32 Å². The maximum atomic E-state index is 12.4. The fraction of sp³-hybridized carbons (Fsp3) is 0.0588. The van der Waals surface area contributed by atoms with Crippen LogP contribution in [0.5, 0.6) is 0 Å². The highest BCUT2D eigenvalue weighted by Crippen LogP contribution is 2.19. The van der Waals surface area contributed by atoms with Gasteiger partial charge in [-0.25, -0.2) is 4.79 Å². The molecule has 2 N–H and O–H groups in total. The molecule has 0 bridgehead atoms. The molecular formula is C17H14N2O3. The molecule has 0 aliphatic heterocycles. The summed E-state index contributed by atoms with van der Waals surface area (Å²) < 4.78 is 4.64. The van der Waals surface area contributed by atoms with E-state index >= 15 is 0 Å². The minimum absolute atomic E-state index is 0.209. The Balaban J connectivity index is 1.82. The van der Waals surface area contributed by atoms with Gasteiger partial charge in [-0.15, -0.1) is 0 Å². The molecule has 0 saturated carbocycles. The number of methoxy groups -OCH3 is 1. The molecule has 0 saturated heterocycles. The Morgan fingerprint density at radius 2 is 1.82 bits per heavy atom. The summed E-state index contributed by atoms with van der Waals surface area (Å²) in [6, 6.07) is 14.0. The summed E-state index contributed by atoms with van der Waals surface area (Å²) in [5.74, 6) is -0.618. The number of anilines is 1. The number of ether oxygens (including phenoxy) is 1. The SMILES string of the molecule is COC(=O)c1ccc(NC(=O)c2cccc3cc[nH]c23)cc1. The Bertz CT molecular complexity index is 834. The van der Waals surface area contributed by atoms with Gasteiger partial charge in [-0.3, -0.25) is 4.79 Å². The van der Waals surface area contributed by atoms with Crippen LogP contribution in [0, 0.1) is 0 Å². The van der Waals surface area contributed by atoms with E-state index in [2.05, 4.69) is 15.0 Å². The van der Waals surface area contributed by atoms with Gasteiger partial charge in [0, 0.05) is 17.3 Å². The van der Waals surface area contributed by atoms with Crippen molar-refractivity contribution in [2.24, 2.45) is 0 Å². The fourth-order valence-electron chi connectivity index (χ4n) is 2.28. The van der Waals surface area contributed by atoms with Gasteiger partial charge < -0.3 is 15.0 Å². The Hall–Kier alpha value is -3.08. The monoisotopic (exact) mass is 294 g/mol. The number of H-pyrrole nitrogens is 1. The zero-order valence-corrected chi connectivity index (χ0v) is 11.9. The first-order valence-corrected chi connectivity index (χ1v) is 6.75. The number of carbonyl (C=O) groups is 2. The van der Waals surface area contributed by atoms with Crippen LogP contribution in [0.2, 0.25) is 0 Å². The number of nitrogens with one attached hydrogen (secondary N) is 2. The second kappa shape index (κ2) is 5.73. The Morgan fingerprint density at radius 1 is 1.05 bits per heavy atom. The predicted octanol–water partition coefficient (Wildman–Crippen LogP) is 3.21. The molecule has 0 atom stereocenters. The Morgan fingerprint density at radius 3 is 2.55 bits per heavy atom. The van der Waals surface area contributed by atoms with Crippen molar-refractivity contribution in [3.8, 4) is 0 Å². The molecule has 0 spiro atoms. The number of aromatic amines is 1. The number of hydrogen-bond acceptors (Lipinski definition) is 3. The van der Waals surface area contributed by atoms with Crippen molar-refractivity contribution >= 4 is 28.5 Å². The number of carbonyl (C=O) groups excluding carboxylic acids is 2. The van der Waals surface area contributed by atoms with E-state index in [-0.39, 0.29) is 5.91 Å². The van der Waals surface area contributed by atoms with E-state index in [0.29, 0.717) is 16.8 Å². The molecule has 1 heterocycles. The molecule has 22 heavy (non-hydrogen) atoms. The number of amides is 1. The van der Waals surface area contributed by atoms with Crippen molar-refractivity contribution in [3.05, 3.63) is 65.9 Å². The van der Waals surface area contributed by atoms with E-state index in [0.717, 1.165) is 10.9 Å². The van der Waals surface area contributed by atoms with Crippen LogP contribution >= 0.6 is 0 Å². The van der Waals surface area contributed by atoms with Crippen LogP contribution in [0.1, 0.15) is 20.7 Å². The van der Waals surface area contributed by atoms with Gasteiger partial charge in [0.1, 0.15) is 0 Å². The van der Waals surface area contributed by atoms with Crippen molar-refractivity contribution in [2.45, 2.75) is 0 Å². The third-order valence-corrected chi connectivity index (χ3v) is 3.40. The van der Waals surface area contributed by atoms with E-state index in [9.17, 15) is 9.59 Å². The van der Waals surface area contributed by atoms with Crippen LogP contribution in [0.3, 0.4) is 0 Å². The molecule has 0 unspecified atom stereocenters. The molecule has 5 heteroatoms. The molecule has 0 aliphatic rings. The maximum absolute atomic E-state index is 12.4. The van der Waals surface area contributed by atoms with E-state index in [1.165, 1.54) is 7.11 Å². The van der Waals surface area contributed by atoms with E-state index in [1.54, 1.807) is 36.5 Å². The first-order chi connectivity index (χ1) is 10.7. The summed E-state index contributed by atoms with van der Waals surface area (Å²) in [5.41, 5.74) is 2.42. The summed E-state index contributed by atoms with van der Waals surface area (Å²) in [6.07, 6.45) is 1.80. The summed E-state index contributed by atoms with van der Waals surface area (Å²) in [6.45, 7) is 0. The molecule has 110 valence electrons. The summed E-state index contributed by atoms with van der Waals surface area (Å²) in [5, 5.41) is 3.79. The summed E-state index contributed by atoms with van der Waals surface area (Å²) in [7, 11) is 1.33. The van der Waals surface area contributed by atoms with Gasteiger partial charge in [-0.2, -0.15) is 0 Å². The zero-order chi connectivity index (χ0) is 15.5. The number of benzene rings is 2. The van der Waals surface area contributed by atoms with Crippen LogP contribution in [-0.4, -0.2) is 24.0 Å². The number of para-hydroxylation sites is 1. The lowest BCUT2D eigenvalue weighted by Gasteiger charge is -2.07. The minimum atomic E-state index is -0.408. The van der Waals surface area contributed by atoms with Gasteiger partial charge in [0.05, 0.1) is 23.8 Å². The average molecular weight is 294 g/mol. The first kappa shape index (κ1) is 13.9. The smallest absolute Gasteiger partial charge is 0.337 e. The van der Waals surface area contributed by atoms with Crippen molar-refractivity contribution < 1.29 is 14.3 Å². The lowest BCUT2D eigenvalue weighted by molar-refractivity contribution is 0.0600. The lowest BCUT2D eigenvalue weighted by atomic mass is 10.1. The van der Waals surface area contributed by atoms with Crippen LogP contribution in [-0.2, 0) is 4.74 Å². The molecular weight excluding hydrogens is 280 g/mol. The second-order valence-corrected chi connectivity index (χ2v) is 4.77. The van der Waals surface area contributed by atoms with Gasteiger partial charge in [-0.05, 0) is 36.4 Å². The highest BCUT2D eigenvalue weighted by molar-refractivity contribution is 6.12. The van der Waals surface area contributed by atoms with Gasteiger partial charge in [0.2, 0.25) is 0 Å². The number of aromatic nitrogens is 1. The van der Waals surface area contributed by atoms with Crippen LogP contribution in [0.15, 0.2) is 54.7 Å². The van der Waals surface area contributed by atoms with Crippen LogP contribution in [0.25, 0.3) is 10.9 Å². The Kier molecular flexibility index (Phi) is 3.62. The number of rotatable bonds is 3. The van der Waals surface area contributed by atoms with Gasteiger partial charge in [-0.1, -0.05) is 12.1 Å². The topological polar surface area (TPSA) is 71.2 Å². The van der Waals surface area contributed by atoms with Crippen molar-refractivity contribution in [1.82, 2.24) is 4.98 Å². The van der Waals surface area contributed by atoms with Crippen molar-refractivity contribution in [3.63, 3.8) is 0 Å². The number of hydrogen-bond donors (Lipinski definition) is 2. The highest BCUT2D eigenvalue weighted by Gasteiger charge is 2.11. The molecule has 1 amide bonds.